The Morgan fingerprint density at radius 1 is 1.44 bits per heavy atom. The summed E-state index contributed by atoms with van der Waals surface area (Å²) in [7, 11) is 0. The molecule has 0 atom stereocenters. The highest BCUT2D eigenvalue weighted by molar-refractivity contribution is 9.10. The molecule has 0 aromatic carbocycles. The second kappa shape index (κ2) is 4.31. The van der Waals surface area contributed by atoms with Gasteiger partial charge in [-0.05, 0) is 28.1 Å². The van der Waals surface area contributed by atoms with E-state index in [1.165, 1.54) is 12.1 Å². The average molecular weight is 285 g/mol. The Morgan fingerprint density at radius 3 is 2.88 bits per heavy atom. The molecule has 0 unspecified atom stereocenters. The SMILES string of the molecule is O=[N+]([O-])c1ccc(Oc2cccnc2Br)o1. The number of halogens is 1. The molecular weight excluding hydrogens is 280 g/mol. The molecule has 0 fully saturated rings. The lowest BCUT2D eigenvalue weighted by Crippen LogP contribution is -1.85. The van der Waals surface area contributed by atoms with Gasteiger partial charge in [-0.15, -0.1) is 0 Å². The first kappa shape index (κ1) is 10.6. The summed E-state index contributed by atoms with van der Waals surface area (Å²) in [5, 5.41) is 10.4. The van der Waals surface area contributed by atoms with E-state index in [0.29, 0.717) is 10.4 Å². The van der Waals surface area contributed by atoms with Crippen LogP contribution in [0, 0.1) is 10.1 Å². The zero-order valence-corrected chi connectivity index (χ0v) is 9.38. The van der Waals surface area contributed by atoms with Crippen LogP contribution in [-0.4, -0.2) is 9.91 Å². The molecule has 82 valence electrons. The van der Waals surface area contributed by atoms with Crippen molar-refractivity contribution in [1.82, 2.24) is 4.98 Å². The van der Waals surface area contributed by atoms with E-state index in [1.807, 2.05) is 0 Å². The molecule has 16 heavy (non-hydrogen) atoms. The molecule has 0 saturated carbocycles. The first-order chi connectivity index (χ1) is 7.66. The smallest absolute Gasteiger partial charge is 0.423 e. The third-order valence-electron chi connectivity index (χ3n) is 1.68. The number of furan rings is 1. The third-order valence-corrected chi connectivity index (χ3v) is 2.28. The van der Waals surface area contributed by atoms with Gasteiger partial charge in [-0.3, -0.25) is 10.1 Å². The van der Waals surface area contributed by atoms with Crippen molar-refractivity contribution in [2.24, 2.45) is 0 Å². The van der Waals surface area contributed by atoms with Crippen LogP contribution in [0.2, 0.25) is 0 Å². The Hall–Kier alpha value is -1.89. The Kier molecular flexibility index (Phi) is 2.86. The molecule has 0 bridgehead atoms. The summed E-state index contributed by atoms with van der Waals surface area (Å²) in [5.41, 5.74) is 0. The first-order valence-electron chi connectivity index (χ1n) is 4.19. The summed E-state index contributed by atoms with van der Waals surface area (Å²) in [6.07, 6.45) is 1.58. The van der Waals surface area contributed by atoms with Gasteiger partial charge in [0.05, 0.1) is 6.07 Å². The number of nitrogens with zero attached hydrogens (tertiary/aromatic N) is 2. The van der Waals surface area contributed by atoms with E-state index in [0.717, 1.165) is 0 Å². The van der Waals surface area contributed by atoms with Crippen LogP contribution in [0.25, 0.3) is 0 Å². The number of hydrogen-bond donors (Lipinski definition) is 0. The summed E-state index contributed by atoms with van der Waals surface area (Å²) in [5.74, 6) is 0.0992. The Balaban J connectivity index is 2.21. The molecule has 0 N–H and O–H groups in total. The zero-order valence-electron chi connectivity index (χ0n) is 7.79. The maximum Gasteiger partial charge on any atom is 0.436 e. The van der Waals surface area contributed by atoms with Gasteiger partial charge in [0.25, 0.3) is 5.95 Å². The molecule has 7 heteroatoms. The lowest BCUT2D eigenvalue weighted by Gasteiger charge is -2.01. The average Bonchev–Trinajstić information content (AvgIpc) is 2.70. The van der Waals surface area contributed by atoms with E-state index in [2.05, 4.69) is 20.9 Å². The van der Waals surface area contributed by atoms with Crippen LogP contribution in [0.1, 0.15) is 0 Å². The van der Waals surface area contributed by atoms with E-state index in [4.69, 9.17) is 9.15 Å². The Bertz CT molecular complexity index is 526. The largest absolute Gasteiger partial charge is 0.436 e. The summed E-state index contributed by atoms with van der Waals surface area (Å²) in [6, 6.07) is 5.93. The standard InChI is InChI=1S/C9H5BrN2O4/c10-9-6(2-1-5-11-9)15-8-4-3-7(16-8)12(13)14/h1-5H. The van der Waals surface area contributed by atoms with Gasteiger partial charge in [0.15, 0.2) is 5.75 Å². The van der Waals surface area contributed by atoms with Gasteiger partial charge in [-0.25, -0.2) is 4.98 Å². The maximum atomic E-state index is 10.4. The van der Waals surface area contributed by atoms with E-state index in [1.54, 1.807) is 18.3 Å². The fourth-order valence-corrected chi connectivity index (χ4v) is 1.35. The normalized spacial score (nSPS) is 10.1. The van der Waals surface area contributed by atoms with Crippen molar-refractivity contribution in [3.63, 3.8) is 0 Å². The van der Waals surface area contributed by atoms with Crippen molar-refractivity contribution in [3.05, 3.63) is 45.2 Å². The van der Waals surface area contributed by atoms with Crippen molar-refractivity contribution >= 4 is 21.8 Å². The van der Waals surface area contributed by atoms with Gasteiger partial charge in [0.2, 0.25) is 0 Å². The second-order valence-electron chi connectivity index (χ2n) is 2.74. The fraction of sp³-hybridized carbons (Fsp3) is 0. The van der Waals surface area contributed by atoms with Gasteiger partial charge in [0, 0.05) is 12.3 Å². The zero-order chi connectivity index (χ0) is 11.5. The highest BCUT2D eigenvalue weighted by Gasteiger charge is 2.14. The molecule has 0 aliphatic rings. The van der Waals surface area contributed by atoms with Crippen LogP contribution < -0.4 is 4.74 Å². The minimum Gasteiger partial charge on any atom is -0.423 e. The summed E-state index contributed by atoms with van der Waals surface area (Å²) >= 11 is 3.18. The van der Waals surface area contributed by atoms with Gasteiger partial charge in [-0.1, -0.05) is 0 Å². The molecule has 2 aromatic heterocycles. The van der Waals surface area contributed by atoms with Crippen LogP contribution in [0.3, 0.4) is 0 Å². The third kappa shape index (κ3) is 2.19. The maximum absolute atomic E-state index is 10.4. The van der Waals surface area contributed by atoms with Crippen LogP contribution in [0.4, 0.5) is 5.88 Å². The number of ether oxygens (including phenoxy) is 1. The minimum absolute atomic E-state index is 0.0420. The minimum atomic E-state index is -0.634. The number of hydrogen-bond acceptors (Lipinski definition) is 5. The van der Waals surface area contributed by atoms with Gasteiger partial charge < -0.3 is 9.15 Å². The molecule has 0 aliphatic heterocycles. The predicted octanol–water partition coefficient (Wildman–Crippen LogP) is 3.14. The lowest BCUT2D eigenvalue weighted by molar-refractivity contribution is -0.402. The van der Waals surface area contributed by atoms with E-state index in [-0.39, 0.29) is 11.8 Å². The molecular formula is C9H5BrN2O4. The summed E-state index contributed by atoms with van der Waals surface area (Å²) < 4.78 is 10.6. The topological polar surface area (TPSA) is 78.4 Å². The molecule has 0 radical (unpaired) electrons. The monoisotopic (exact) mass is 284 g/mol. The molecule has 2 aromatic rings. The van der Waals surface area contributed by atoms with Gasteiger partial charge in [-0.2, -0.15) is 0 Å². The Labute approximate surface area is 98.1 Å². The summed E-state index contributed by atoms with van der Waals surface area (Å²) in [4.78, 5) is 13.7. The molecule has 2 heterocycles. The molecule has 0 saturated heterocycles. The molecule has 0 aliphatic carbocycles. The van der Waals surface area contributed by atoms with Crippen molar-refractivity contribution < 1.29 is 14.1 Å². The number of rotatable bonds is 3. The van der Waals surface area contributed by atoms with Crippen molar-refractivity contribution in [1.29, 1.82) is 0 Å². The Morgan fingerprint density at radius 2 is 2.25 bits per heavy atom. The van der Waals surface area contributed by atoms with Crippen LogP contribution >= 0.6 is 15.9 Å². The van der Waals surface area contributed by atoms with E-state index in [9.17, 15) is 10.1 Å². The number of pyridine rings is 1. The van der Waals surface area contributed by atoms with Crippen molar-refractivity contribution in [2.75, 3.05) is 0 Å². The highest BCUT2D eigenvalue weighted by atomic mass is 79.9. The number of nitro groups is 1. The highest BCUT2D eigenvalue weighted by Crippen LogP contribution is 2.30. The van der Waals surface area contributed by atoms with Crippen molar-refractivity contribution in [2.45, 2.75) is 0 Å². The molecule has 0 amide bonds. The number of aromatic nitrogens is 1. The van der Waals surface area contributed by atoms with E-state index < -0.39 is 4.92 Å². The van der Waals surface area contributed by atoms with Crippen molar-refractivity contribution in [3.8, 4) is 11.7 Å². The lowest BCUT2D eigenvalue weighted by atomic mass is 10.5. The molecule has 2 rings (SSSR count). The fourth-order valence-electron chi connectivity index (χ4n) is 1.02. The quantitative estimate of drug-likeness (QED) is 0.491. The van der Waals surface area contributed by atoms with Crippen LogP contribution in [-0.2, 0) is 0 Å². The van der Waals surface area contributed by atoms with E-state index >= 15 is 0 Å². The summed E-state index contributed by atoms with van der Waals surface area (Å²) in [6.45, 7) is 0. The second-order valence-corrected chi connectivity index (χ2v) is 3.50. The predicted molar refractivity (Wildman–Crippen MR) is 57.4 cm³/mol. The van der Waals surface area contributed by atoms with Crippen LogP contribution in [0.5, 0.6) is 11.7 Å². The molecule has 0 spiro atoms. The molecule has 6 nitrogen and oxygen atoms in total. The van der Waals surface area contributed by atoms with Gasteiger partial charge >= 0.3 is 5.88 Å². The van der Waals surface area contributed by atoms with Gasteiger partial charge in [0.1, 0.15) is 9.53 Å². The first-order valence-corrected chi connectivity index (χ1v) is 4.99. The van der Waals surface area contributed by atoms with Crippen LogP contribution in [0.15, 0.2) is 39.5 Å².